The molecule has 0 aliphatic carbocycles. The molecule has 2 unspecified atom stereocenters. The second kappa shape index (κ2) is 6.76. The van der Waals surface area contributed by atoms with Gasteiger partial charge in [0.15, 0.2) is 0 Å². The molecule has 1 fully saturated rings. The minimum absolute atomic E-state index is 0.211. The lowest BCUT2D eigenvalue weighted by Crippen LogP contribution is -2.35. The highest BCUT2D eigenvalue weighted by atomic mass is 16.5. The lowest BCUT2D eigenvalue weighted by atomic mass is 10.2. The summed E-state index contributed by atoms with van der Waals surface area (Å²) in [5, 5.41) is 11.5. The van der Waals surface area contributed by atoms with Gasteiger partial charge in [-0.1, -0.05) is 0 Å². The van der Waals surface area contributed by atoms with Crippen LogP contribution in [-0.2, 0) is 14.3 Å². The minimum Gasteiger partial charge on any atom is -0.480 e. The van der Waals surface area contributed by atoms with E-state index in [9.17, 15) is 4.79 Å². The maximum Gasteiger partial charge on any atom is 0.320 e. The number of hydrogen-bond acceptors (Lipinski definition) is 4. The number of carboxylic acid groups (broad SMARTS) is 1. The van der Waals surface area contributed by atoms with Crippen molar-refractivity contribution in [3.8, 4) is 0 Å². The molecule has 15 heavy (non-hydrogen) atoms. The Morgan fingerprint density at radius 3 is 3.07 bits per heavy atom. The van der Waals surface area contributed by atoms with Crippen LogP contribution in [0.5, 0.6) is 0 Å². The Labute approximate surface area is 89.8 Å². The molecule has 1 aliphatic heterocycles. The van der Waals surface area contributed by atoms with Gasteiger partial charge in [0.05, 0.1) is 12.7 Å². The van der Waals surface area contributed by atoms with Crippen LogP contribution in [-0.4, -0.2) is 50.1 Å². The highest BCUT2D eigenvalue weighted by molar-refractivity contribution is 5.73. The summed E-state index contributed by atoms with van der Waals surface area (Å²) in [5.41, 5.74) is 0. The lowest BCUT2D eigenvalue weighted by Gasteiger charge is -2.13. The summed E-state index contributed by atoms with van der Waals surface area (Å²) in [6.07, 6.45) is 2.85. The Morgan fingerprint density at radius 1 is 1.73 bits per heavy atom. The van der Waals surface area contributed by atoms with Crippen LogP contribution in [0.3, 0.4) is 0 Å². The first kappa shape index (κ1) is 12.4. The third-order valence-electron chi connectivity index (χ3n) is 2.53. The number of hydrogen-bond donors (Lipinski definition) is 2. The zero-order valence-electron chi connectivity index (χ0n) is 9.07. The molecule has 0 saturated carbocycles. The molecule has 2 atom stereocenters. The van der Waals surface area contributed by atoms with Crippen molar-refractivity contribution in [3.05, 3.63) is 0 Å². The highest BCUT2D eigenvalue weighted by Gasteiger charge is 2.17. The predicted octanol–water partition coefficient (Wildman–Crippen LogP) is 0.245. The van der Waals surface area contributed by atoms with Gasteiger partial charge < -0.3 is 19.9 Å². The van der Waals surface area contributed by atoms with E-state index in [2.05, 4.69) is 5.32 Å². The van der Waals surface area contributed by atoms with E-state index >= 15 is 0 Å². The van der Waals surface area contributed by atoms with E-state index < -0.39 is 12.0 Å². The zero-order valence-corrected chi connectivity index (χ0v) is 9.07. The summed E-state index contributed by atoms with van der Waals surface area (Å²) < 4.78 is 10.7. The molecule has 1 rings (SSSR count). The fourth-order valence-electron chi connectivity index (χ4n) is 1.58. The molecule has 1 aliphatic rings. The molecule has 1 saturated heterocycles. The third-order valence-corrected chi connectivity index (χ3v) is 2.53. The van der Waals surface area contributed by atoms with E-state index in [0.29, 0.717) is 19.6 Å². The van der Waals surface area contributed by atoms with Crippen molar-refractivity contribution < 1.29 is 19.4 Å². The van der Waals surface area contributed by atoms with Gasteiger partial charge in [0, 0.05) is 13.2 Å². The van der Waals surface area contributed by atoms with Gasteiger partial charge >= 0.3 is 5.97 Å². The van der Waals surface area contributed by atoms with E-state index in [1.807, 2.05) is 0 Å². The van der Waals surface area contributed by atoms with Crippen molar-refractivity contribution in [1.29, 1.82) is 0 Å². The Kier molecular flexibility index (Phi) is 5.60. The smallest absolute Gasteiger partial charge is 0.320 e. The molecule has 0 radical (unpaired) electrons. The number of ether oxygens (including phenoxy) is 2. The largest absolute Gasteiger partial charge is 0.480 e. The Morgan fingerprint density at radius 2 is 2.53 bits per heavy atom. The summed E-state index contributed by atoms with van der Waals surface area (Å²) in [6, 6.07) is -0.519. The molecule has 5 nitrogen and oxygen atoms in total. The molecule has 88 valence electrons. The van der Waals surface area contributed by atoms with Crippen molar-refractivity contribution >= 4 is 5.97 Å². The Hall–Kier alpha value is -0.650. The Bertz CT molecular complexity index is 192. The summed E-state index contributed by atoms with van der Waals surface area (Å²) >= 11 is 0. The first-order chi connectivity index (χ1) is 7.24. The molecule has 0 aromatic rings. The summed E-state index contributed by atoms with van der Waals surface area (Å²) in [7, 11) is 1.64. The molecule has 2 N–H and O–H groups in total. The van der Waals surface area contributed by atoms with E-state index in [-0.39, 0.29) is 6.10 Å². The van der Waals surface area contributed by atoms with E-state index in [1.54, 1.807) is 7.05 Å². The maximum atomic E-state index is 10.6. The van der Waals surface area contributed by atoms with Gasteiger partial charge in [0.1, 0.15) is 6.04 Å². The SMILES string of the molecule is CNC(CCOCC1CCCO1)C(=O)O. The van der Waals surface area contributed by atoms with Crippen molar-refractivity contribution in [2.75, 3.05) is 26.9 Å². The quantitative estimate of drug-likeness (QED) is 0.598. The van der Waals surface area contributed by atoms with Crippen LogP contribution in [0.2, 0.25) is 0 Å². The van der Waals surface area contributed by atoms with Crippen LogP contribution in [0.4, 0.5) is 0 Å². The van der Waals surface area contributed by atoms with Crippen molar-refractivity contribution in [2.45, 2.75) is 31.4 Å². The summed E-state index contributed by atoms with van der Waals surface area (Å²) in [6.45, 7) is 1.86. The second-order valence-electron chi connectivity index (χ2n) is 3.68. The van der Waals surface area contributed by atoms with Gasteiger partial charge in [-0.05, 0) is 26.3 Å². The molecule has 0 amide bonds. The maximum absolute atomic E-state index is 10.6. The van der Waals surface area contributed by atoms with Gasteiger partial charge in [-0.25, -0.2) is 0 Å². The fourth-order valence-corrected chi connectivity index (χ4v) is 1.58. The first-order valence-electron chi connectivity index (χ1n) is 5.33. The topological polar surface area (TPSA) is 67.8 Å². The summed E-state index contributed by atoms with van der Waals surface area (Å²) in [4.78, 5) is 10.6. The Balaban J connectivity index is 2.02. The van der Waals surface area contributed by atoms with Crippen LogP contribution < -0.4 is 5.32 Å². The van der Waals surface area contributed by atoms with E-state index in [1.165, 1.54) is 0 Å². The molecule has 1 heterocycles. The zero-order chi connectivity index (χ0) is 11.1. The van der Waals surface area contributed by atoms with Crippen molar-refractivity contribution in [2.24, 2.45) is 0 Å². The van der Waals surface area contributed by atoms with Gasteiger partial charge in [-0.3, -0.25) is 4.79 Å². The number of rotatable bonds is 7. The van der Waals surface area contributed by atoms with Crippen LogP contribution in [0.1, 0.15) is 19.3 Å². The van der Waals surface area contributed by atoms with E-state index in [0.717, 1.165) is 19.4 Å². The predicted molar refractivity (Wildman–Crippen MR) is 54.9 cm³/mol. The van der Waals surface area contributed by atoms with Gasteiger partial charge in [-0.2, -0.15) is 0 Å². The van der Waals surface area contributed by atoms with Crippen LogP contribution in [0.25, 0.3) is 0 Å². The normalized spacial score (nSPS) is 22.9. The van der Waals surface area contributed by atoms with Gasteiger partial charge in [0.25, 0.3) is 0 Å². The average Bonchev–Trinajstić information content (AvgIpc) is 2.70. The highest BCUT2D eigenvalue weighted by Crippen LogP contribution is 2.11. The molecule has 0 aromatic heterocycles. The molecular weight excluding hydrogens is 198 g/mol. The fraction of sp³-hybridized carbons (Fsp3) is 0.900. The van der Waals surface area contributed by atoms with Crippen LogP contribution >= 0.6 is 0 Å². The van der Waals surface area contributed by atoms with Gasteiger partial charge in [-0.15, -0.1) is 0 Å². The van der Waals surface area contributed by atoms with Crippen molar-refractivity contribution in [3.63, 3.8) is 0 Å². The average molecular weight is 217 g/mol. The van der Waals surface area contributed by atoms with Crippen molar-refractivity contribution in [1.82, 2.24) is 5.32 Å². The number of likely N-dealkylation sites (N-methyl/N-ethyl adjacent to an activating group) is 1. The molecule has 0 bridgehead atoms. The number of carboxylic acids is 1. The lowest BCUT2D eigenvalue weighted by molar-refractivity contribution is -0.139. The van der Waals surface area contributed by atoms with Crippen LogP contribution in [0.15, 0.2) is 0 Å². The minimum atomic E-state index is -0.835. The third kappa shape index (κ3) is 4.59. The molecule has 0 aromatic carbocycles. The monoisotopic (exact) mass is 217 g/mol. The van der Waals surface area contributed by atoms with Crippen LogP contribution in [0, 0.1) is 0 Å². The van der Waals surface area contributed by atoms with E-state index in [4.69, 9.17) is 14.6 Å². The number of carbonyl (C=O) groups is 1. The second-order valence-corrected chi connectivity index (χ2v) is 3.68. The first-order valence-corrected chi connectivity index (χ1v) is 5.33. The summed E-state index contributed by atoms with van der Waals surface area (Å²) in [5.74, 6) is -0.835. The standard InChI is InChI=1S/C10H19NO4/c1-11-9(10(12)13)4-6-14-7-8-3-2-5-15-8/h8-9,11H,2-7H2,1H3,(H,12,13). The molecule has 5 heteroatoms. The number of nitrogens with one attached hydrogen (secondary N) is 1. The van der Waals surface area contributed by atoms with Gasteiger partial charge in [0.2, 0.25) is 0 Å². The molecule has 0 spiro atoms. The molecular formula is C10H19NO4. The number of aliphatic carboxylic acids is 1.